The van der Waals surface area contributed by atoms with Gasteiger partial charge >= 0.3 is 0 Å². The SMILES string of the molecule is C[C@@]12CCCCN1C[C@@H]1C[C@H]2CN2CCCC[C@@H]12.[O-][Cl+3]([O-])([O-])O.[O-][Cl+3]([O-])([O-])O. The lowest BCUT2D eigenvalue weighted by Gasteiger charge is -2.62. The fraction of sp³-hybridized carbons (Fsp3) is 1.00. The summed E-state index contributed by atoms with van der Waals surface area (Å²) >= 11 is 0. The minimum atomic E-state index is -4.69. The highest BCUT2D eigenvalue weighted by Crippen LogP contribution is 2.48. The van der Waals surface area contributed by atoms with Gasteiger partial charge in [0, 0.05) is 24.7 Å². The van der Waals surface area contributed by atoms with Crippen LogP contribution < -0.4 is 28.0 Å². The van der Waals surface area contributed by atoms with E-state index >= 15 is 0 Å². The molecule has 0 saturated carbocycles. The molecule has 4 fully saturated rings. The zero-order valence-electron chi connectivity index (χ0n) is 16.0. The summed E-state index contributed by atoms with van der Waals surface area (Å²) in [6.45, 7) is 8.18. The highest BCUT2D eigenvalue weighted by molar-refractivity contribution is 5.06. The topological polar surface area (TPSA) is 185 Å². The highest BCUT2D eigenvalue weighted by atomic mass is 35.7. The normalized spacial score (nSPS) is 36.1. The Labute approximate surface area is 169 Å². The van der Waals surface area contributed by atoms with Crippen molar-refractivity contribution in [1.29, 1.82) is 0 Å². The van der Waals surface area contributed by atoms with Crippen molar-refractivity contribution in [3.63, 3.8) is 0 Å². The lowest BCUT2D eigenvalue weighted by atomic mass is 9.65. The summed E-state index contributed by atoms with van der Waals surface area (Å²) in [5, 5.41) is 0. The molecule has 4 atom stereocenters. The van der Waals surface area contributed by atoms with Gasteiger partial charge in [-0.25, -0.2) is 0 Å². The van der Waals surface area contributed by atoms with Gasteiger partial charge in [0.25, 0.3) is 0 Å². The minimum absolute atomic E-state index is 0.553. The van der Waals surface area contributed by atoms with E-state index in [1.807, 2.05) is 0 Å². The van der Waals surface area contributed by atoms with Gasteiger partial charge in [0.2, 0.25) is 0 Å². The van der Waals surface area contributed by atoms with E-state index in [0.717, 1.165) is 17.9 Å². The lowest BCUT2D eigenvalue weighted by Crippen LogP contribution is -2.68. The van der Waals surface area contributed by atoms with E-state index in [9.17, 15) is 0 Å². The molecule has 0 aromatic carbocycles. The molecule has 4 saturated heterocycles. The molecule has 2 bridgehead atoms. The van der Waals surface area contributed by atoms with E-state index in [1.165, 1.54) is 71.1 Å². The van der Waals surface area contributed by atoms with Crippen LogP contribution in [0.1, 0.15) is 51.9 Å². The van der Waals surface area contributed by atoms with Crippen molar-refractivity contribution in [3.05, 3.63) is 0 Å². The first-order chi connectivity index (χ1) is 12.8. The monoisotopic (exact) mass is 448 g/mol. The van der Waals surface area contributed by atoms with Gasteiger partial charge in [-0.3, -0.25) is 9.80 Å². The van der Waals surface area contributed by atoms with E-state index < -0.39 is 20.5 Å². The second-order valence-electron chi connectivity index (χ2n) is 8.30. The standard InChI is InChI=1S/C16H28N2.2ClHO4/c1-16-7-3-5-9-18(16)11-13-10-14(16)12-17-8-4-2-6-15(13)17;2*2-1(3,4)5/h13-15H,2-12H2,1H3;2*(H,2,3,4,5)/t13-,14-,15-,16-;;/m0../s1. The Morgan fingerprint density at radius 3 is 2.04 bits per heavy atom. The summed E-state index contributed by atoms with van der Waals surface area (Å²) in [6.07, 6.45) is 10.3. The van der Waals surface area contributed by atoms with Gasteiger partial charge in [-0.2, -0.15) is 28.0 Å². The molecule has 10 nitrogen and oxygen atoms in total. The Morgan fingerprint density at radius 2 is 1.43 bits per heavy atom. The van der Waals surface area contributed by atoms with Crippen LogP contribution in [0.15, 0.2) is 0 Å². The Morgan fingerprint density at radius 1 is 0.857 bits per heavy atom. The lowest BCUT2D eigenvalue weighted by molar-refractivity contribution is -1.92. The molecule has 166 valence electrons. The van der Waals surface area contributed by atoms with Crippen LogP contribution in [0.3, 0.4) is 0 Å². The van der Waals surface area contributed by atoms with E-state index in [0.29, 0.717) is 5.54 Å². The first-order valence-corrected chi connectivity index (χ1v) is 12.1. The van der Waals surface area contributed by atoms with Gasteiger partial charge in [0.1, 0.15) is 0 Å². The molecule has 0 radical (unpaired) electrons. The van der Waals surface area contributed by atoms with Gasteiger partial charge in [-0.15, -0.1) is 0 Å². The van der Waals surface area contributed by atoms with Crippen molar-refractivity contribution in [2.45, 2.75) is 63.5 Å². The average Bonchev–Trinajstić information content (AvgIpc) is 2.53. The number of hydrogen-bond acceptors (Lipinski definition) is 10. The number of rotatable bonds is 0. The summed E-state index contributed by atoms with van der Waals surface area (Å²) in [5.41, 5.74) is 0.553. The predicted octanol–water partition coefficient (Wildman–Crippen LogP) is -5.51. The highest BCUT2D eigenvalue weighted by Gasteiger charge is 2.52. The van der Waals surface area contributed by atoms with Gasteiger partial charge in [-0.05, 0) is 64.0 Å². The molecule has 0 amide bonds. The number of piperidine rings is 4. The Kier molecular flexibility index (Phi) is 8.33. The van der Waals surface area contributed by atoms with E-state index in [-0.39, 0.29) is 0 Å². The zero-order valence-corrected chi connectivity index (χ0v) is 17.5. The first kappa shape index (κ1) is 24.4. The minimum Gasteiger partial charge on any atom is -0.300 e. The quantitative estimate of drug-likeness (QED) is 0.361. The predicted molar refractivity (Wildman–Crippen MR) is 79.1 cm³/mol. The van der Waals surface area contributed by atoms with Gasteiger partial charge in [0.05, 0.1) is 29.8 Å². The van der Waals surface area contributed by atoms with Crippen molar-refractivity contribution in [1.82, 2.24) is 9.80 Å². The van der Waals surface area contributed by atoms with Crippen molar-refractivity contribution < 1.29 is 57.8 Å². The van der Waals surface area contributed by atoms with Crippen LogP contribution in [0.2, 0.25) is 0 Å². The molecule has 28 heavy (non-hydrogen) atoms. The Hall–Kier alpha value is 0.180. The molecular formula is C16H30Cl2N2O8. The first-order valence-electron chi connectivity index (χ1n) is 9.53. The molecule has 2 N–H and O–H groups in total. The number of hydrogen-bond donors (Lipinski definition) is 2. The molecule has 0 unspecified atom stereocenters. The van der Waals surface area contributed by atoms with Crippen LogP contribution in [0, 0.1) is 32.3 Å². The summed E-state index contributed by atoms with van der Waals surface area (Å²) in [4.78, 5) is 5.76. The summed E-state index contributed by atoms with van der Waals surface area (Å²) < 4.78 is 65.4. The fourth-order valence-corrected chi connectivity index (χ4v) is 5.55. The van der Waals surface area contributed by atoms with E-state index in [1.54, 1.807) is 0 Å². The van der Waals surface area contributed by atoms with Crippen molar-refractivity contribution >= 4 is 0 Å². The molecule has 0 aliphatic carbocycles. The smallest absolute Gasteiger partial charge is 0.0777 e. The molecule has 4 aliphatic rings. The third-order valence-corrected chi connectivity index (χ3v) is 6.67. The van der Waals surface area contributed by atoms with Gasteiger partial charge in [0.15, 0.2) is 0 Å². The summed E-state index contributed by atoms with van der Waals surface area (Å²) in [7, 11) is -9.39. The third-order valence-electron chi connectivity index (χ3n) is 6.67. The van der Waals surface area contributed by atoms with Crippen LogP contribution in [0.4, 0.5) is 0 Å². The Balaban J connectivity index is 0.000000237. The Bertz CT molecular complexity index is 480. The molecule has 4 aliphatic heterocycles. The van der Waals surface area contributed by atoms with Crippen molar-refractivity contribution in [2.24, 2.45) is 11.8 Å². The second-order valence-corrected chi connectivity index (χ2v) is 9.89. The molecule has 4 heterocycles. The molecule has 4 rings (SSSR count). The maximum atomic E-state index is 8.60. The zero-order chi connectivity index (χ0) is 21.2. The summed E-state index contributed by atoms with van der Waals surface area (Å²) in [5.74, 6) is 1.96. The molecule has 0 aromatic rings. The van der Waals surface area contributed by atoms with Crippen LogP contribution >= 0.6 is 0 Å². The van der Waals surface area contributed by atoms with Gasteiger partial charge in [-0.1, -0.05) is 12.8 Å². The molecule has 0 spiro atoms. The van der Waals surface area contributed by atoms with Crippen LogP contribution in [-0.4, -0.2) is 56.9 Å². The largest absolute Gasteiger partial charge is 0.300 e. The number of fused-ring (bicyclic) bond motifs is 6. The van der Waals surface area contributed by atoms with E-state index in [4.69, 9.17) is 37.3 Å². The van der Waals surface area contributed by atoms with Crippen LogP contribution in [-0.2, 0) is 0 Å². The summed E-state index contributed by atoms with van der Waals surface area (Å²) in [6, 6.07) is 0.946. The van der Waals surface area contributed by atoms with E-state index in [2.05, 4.69) is 16.7 Å². The van der Waals surface area contributed by atoms with Crippen molar-refractivity contribution in [2.75, 3.05) is 26.2 Å². The molecule has 12 heteroatoms. The maximum Gasteiger partial charge on any atom is 0.0777 e. The fourth-order valence-electron chi connectivity index (χ4n) is 5.55. The molecular weight excluding hydrogens is 419 g/mol. The van der Waals surface area contributed by atoms with Gasteiger partial charge < -0.3 is 0 Å². The maximum absolute atomic E-state index is 8.60. The molecule has 0 aromatic heterocycles. The third kappa shape index (κ3) is 7.46. The number of nitrogens with zero attached hydrogens (tertiary/aromatic N) is 2. The van der Waals surface area contributed by atoms with Crippen molar-refractivity contribution in [3.8, 4) is 0 Å². The average molecular weight is 449 g/mol. The second kappa shape index (κ2) is 9.54. The number of halogens is 2. The van der Waals surface area contributed by atoms with Crippen LogP contribution in [0.25, 0.3) is 0 Å². The van der Waals surface area contributed by atoms with Crippen LogP contribution in [0.5, 0.6) is 0 Å².